The van der Waals surface area contributed by atoms with Gasteiger partial charge >= 0.3 is 0 Å². The maximum absolute atomic E-state index is 12.3. The molecule has 3 rings (SSSR count). The van der Waals surface area contributed by atoms with Crippen LogP contribution in [-0.4, -0.2) is 33.2 Å². The summed E-state index contributed by atoms with van der Waals surface area (Å²) in [5.41, 5.74) is 2.49. The Kier molecular flexibility index (Phi) is 3.51. The summed E-state index contributed by atoms with van der Waals surface area (Å²) in [6.45, 7) is 0.455. The molecule has 6 heteroatoms. The van der Waals surface area contributed by atoms with Gasteiger partial charge in [0.2, 0.25) is 5.76 Å². The van der Waals surface area contributed by atoms with Crippen molar-refractivity contribution in [1.29, 1.82) is 0 Å². The van der Waals surface area contributed by atoms with Crippen molar-refractivity contribution in [2.75, 3.05) is 7.05 Å². The highest BCUT2D eigenvalue weighted by Crippen LogP contribution is 2.19. The van der Waals surface area contributed by atoms with Gasteiger partial charge in [0, 0.05) is 37.0 Å². The third-order valence-electron chi connectivity index (χ3n) is 3.11. The highest BCUT2D eigenvalue weighted by atomic mass is 16.5. The second kappa shape index (κ2) is 5.62. The normalized spacial score (nSPS) is 10.5. The largest absolute Gasteiger partial charge is 0.350 e. The number of hydrogen-bond donors (Lipinski definition) is 1. The van der Waals surface area contributed by atoms with E-state index in [2.05, 4.69) is 15.4 Å². The van der Waals surface area contributed by atoms with Crippen LogP contribution in [0, 0.1) is 0 Å². The highest BCUT2D eigenvalue weighted by Gasteiger charge is 2.18. The second-order valence-corrected chi connectivity index (χ2v) is 4.71. The molecule has 0 aliphatic heterocycles. The van der Waals surface area contributed by atoms with Crippen molar-refractivity contribution in [2.45, 2.75) is 6.54 Å². The first-order chi connectivity index (χ1) is 10.2. The molecule has 0 saturated heterocycles. The fraction of sp³-hybridized carbons (Fsp3) is 0.133. The van der Waals surface area contributed by atoms with Crippen molar-refractivity contribution < 1.29 is 9.32 Å². The molecule has 1 amide bonds. The van der Waals surface area contributed by atoms with E-state index in [9.17, 15) is 4.79 Å². The molecule has 0 aliphatic carbocycles. The summed E-state index contributed by atoms with van der Waals surface area (Å²) in [7, 11) is 1.71. The highest BCUT2D eigenvalue weighted by molar-refractivity contribution is 5.92. The van der Waals surface area contributed by atoms with E-state index in [-0.39, 0.29) is 11.7 Å². The average molecular weight is 282 g/mol. The van der Waals surface area contributed by atoms with Crippen LogP contribution < -0.4 is 0 Å². The predicted octanol–water partition coefficient (Wildman–Crippen LogP) is 2.34. The van der Waals surface area contributed by atoms with Gasteiger partial charge in [0.1, 0.15) is 5.69 Å². The van der Waals surface area contributed by atoms with Crippen molar-refractivity contribution in [3.8, 4) is 11.3 Å². The molecule has 2 aromatic heterocycles. The van der Waals surface area contributed by atoms with Crippen LogP contribution in [-0.2, 0) is 6.54 Å². The standard InChI is InChI=1S/C15H14N4O2/c1-19(10-11-8-16-17-9-11)15(20)14-7-13(18-21-14)12-5-3-2-4-6-12/h2-9H,10H2,1H3,(H,16,17). The van der Waals surface area contributed by atoms with Crippen molar-refractivity contribution in [3.05, 3.63) is 60.1 Å². The van der Waals surface area contributed by atoms with Crippen molar-refractivity contribution in [2.24, 2.45) is 0 Å². The molecule has 0 atom stereocenters. The number of benzene rings is 1. The van der Waals surface area contributed by atoms with Gasteiger partial charge in [-0.05, 0) is 0 Å². The van der Waals surface area contributed by atoms with E-state index in [0.29, 0.717) is 12.2 Å². The van der Waals surface area contributed by atoms with Crippen LogP contribution in [0.4, 0.5) is 0 Å². The van der Waals surface area contributed by atoms with Crippen LogP contribution in [0.5, 0.6) is 0 Å². The Morgan fingerprint density at radius 1 is 1.33 bits per heavy atom. The van der Waals surface area contributed by atoms with Gasteiger partial charge in [-0.25, -0.2) is 0 Å². The minimum atomic E-state index is -0.217. The molecule has 1 aromatic carbocycles. The number of carbonyl (C=O) groups excluding carboxylic acids is 1. The van der Waals surface area contributed by atoms with Gasteiger partial charge in [0.15, 0.2) is 0 Å². The summed E-state index contributed by atoms with van der Waals surface area (Å²) in [4.78, 5) is 13.8. The molecule has 0 aliphatic rings. The first kappa shape index (κ1) is 13.1. The molecular formula is C15H14N4O2. The lowest BCUT2D eigenvalue weighted by molar-refractivity contribution is 0.0743. The maximum Gasteiger partial charge on any atom is 0.292 e. The van der Waals surface area contributed by atoms with Gasteiger partial charge in [-0.2, -0.15) is 5.10 Å². The quantitative estimate of drug-likeness (QED) is 0.797. The van der Waals surface area contributed by atoms with E-state index in [1.54, 1.807) is 30.4 Å². The van der Waals surface area contributed by atoms with Crippen molar-refractivity contribution >= 4 is 5.91 Å². The van der Waals surface area contributed by atoms with Crippen LogP contribution in [0.25, 0.3) is 11.3 Å². The van der Waals surface area contributed by atoms with Crippen LogP contribution in [0.3, 0.4) is 0 Å². The smallest absolute Gasteiger partial charge is 0.292 e. The number of nitrogens with zero attached hydrogens (tertiary/aromatic N) is 3. The van der Waals surface area contributed by atoms with Crippen LogP contribution in [0.1, 0.15) is 16.1 Å². The van der Waals surface area contributed by atoms with Crippen LogP contribution in [0.15, 0.2) is 53.3 Å². The monoisotopic (exact) mass is 282 g/mol. The topological polar surface area (TPSA) is 75.0 Å². The third kappa shape index (κ3) is 2.84. The van der Waals surface area contributed by atoms with Crippen molar-refractivity contribution in [3.63, 3.8) is 0 Å². The van der Waals surface area contributed by atoms with Gasteiger partial charge in [0.05, 0.1) is 6.20 Å². The SMILES string of the molecule is CN(Cc1cn[nH]c1)C(=O)c1cc(-c2ccccc2)no1. The summed E-state index contributed by atoms with van der Waals surface area (Å²) in [5.74, 6) is 0.00530. The number of carbonyl (C=O) groups is 1. The first-order valence-electron chi connectivity index (χ1n) is 6.49. The fourth-order valence-corrected chi connectivity index (χ4v) is 2.02. The molecule has 0 saturated carbocycles. The van der Waals surface area contributed by atoms with Crippen LogP contribution in [0.2, 0.25) is 0 Å². The molecule has 0 bridgehead atoms. The Bertz CT molecular complexity index is 719. The van der Waals surface area contributed by atoms with Gasteiger partial charge in [-0.15, -0.1) is 0 Å². The molecule has 21 heavy (non-hydrogen) atoms. The molecule has 0 fully saturated rings. The maximum atomic E-state index is 12.3. The average Bonchev–Trinajstić information content (AvgIpc) is 3.18. The Morgan fingerprint density at radius 2 is 2.14 bits per heavy atom. The molecule has 3 aromatic rings. The van der Waals surface area contributed by atoms with E-state index in [1.165, 1.54) is 0 Å². The van der Waals surface area contributed by atoms with Crippen molar-refractivity contribution in [1.82, 2.24) is 20.3 Å². The fourth-order valence-electron chi connectivity index (χ4n) is 2.02. The van der Waals surface area contributed by atoms with E-state index >= 15 is 0 Å². The zero-order valence-electron chi connectivity index (χ0n) is 11.5. The van der Waals surface area contributed by atoms with E-state index in [0.717, 1.165) is 11.1 Å². The lowest BCUT2D eigenvalue weighted by Gasteiger charge is -2.13. The minimum absolute atomic E-state index is 0.217. The van der Waals surface area contributed by atoms with Gasteiger partial charge in [0.25, 0.3) is 5.91 Å². The van der Waals surface area contributed by atoms with Gasteiger partial charge in [-0.3, -0.25) is 9.89 Å². The molecule has 0 unspecified atom stereocenters. The Labute approximate surface area is 121 Å². The third-order valence-corrected chi connectivity index (χ3v) is 3.11. The van der Waals surface area contributed by atoms with E-state index in [4.69, 9.17) is 4.52 Å². The number of nitrogens with one attached hydrogen (secondary N) is 1. The van der Waals surface area contributed by atoms with E-state index < -0.39 is 0 Å². The Morgan fingerprint density at radius 3 is 2.86 bits per heavy atom. The minimum Gasteiger partial charge on any atom is -0.350 e. The number of hydrogen-bond acceptors (Lipinski definition) is 4. The lowest BCUT2D eigenvalue weighted by Crippen LogP contribution is -2.25. The van der Waals surface area contributed by atoms with E-state index in [1.807, 2.05) is 30.3 Å². The summed E-state index contributed by atoms with van der Waals surface area (Å²) in [5, 5.41) is 10.5. The zero-order chi connectivity index (χ0) is 14.7. The number of amides is 1. The molecule has 1 N–H and O–H groups in total. The molecule has 6 nitrogen and oxygen atoms in total. The number of H-pyrrole nitrogens is 1. The van der Waals surface area contributed by atoms with Gasteiger partial charge < -0.3 is 9.42 Å². The molecular weight excluding hydrogens is 268 g/mol. The van der Waals surface area contributed by atoms with Gasteiger partial charge in [-0.1, -0.05) is 35.5 Å². The Balaban J connectivity index is 1.75. The number of aromatic nitrogens is 3. The lowest BCUT2D eigenvalue weighted by atomic mass is 10.1. The second-order valence-electron chi connectivity index (χ2n) is 4.71. The summed E-state index contributed by atoms with van der Waals surface area (Å²) in [6, 6.07) is 11.2. The summed E-state index contributed by atoms with van der Waals surface area (Å²) >= 11 is 0. The Hall–Kier alpha value is -2.89. The summed E-state index contributed by atoms with van der Waals surface area (Å²) in [6.07, 6.45) is 3.43. The summed E-state index contributed by atoms with van der Waals surface area (Å²) < 4.78 is 5.16. The zero-order valence-corrected chi connectivity index (χ0v) is 11.5. The number of aromatic amines is 1. The molecule has 0 spiro atoms. The molecule has 106 valence electrons. The van der Waals surface area contributed by atoms with Crippen LogP contribution >= 0.6 is 0 Å². The predicted molar refractivity (Wildman–Crippen MR) is 76.3 cm³/mol. The molecule has 0 radical (unpaired) electrons. The molecule has 2 heterocycles. The first-order valence-corrected chi connectivity index (χ1v) is 6.49. The number of rotatable bonds is 4.